The van der Waals surface area contributed by atoms with Crippen molar-refractivity contribution in [3.05, 3.63) is 24.3 Å². The molecule has 1 aromatic carbocycles. The molecule has 0 aliphatic rings. The number of aromatic nitrogens is 2. The average Bonchev–Trinajstić information content (AvgIpc) is 2.91. The van der Waals surface area contributed by atoms with Crippen LogP contribution in [0.2, 0.25) is 0 Å². The fourth-order valence-electron chi connectivity index (χ4n) is 1.65. The lowest BCUT2D eigenvalue weighted by atomic mass is 10.3. The van der Waals surface area contributed by atoms with E-state index in [4.69, 9.17) is 4.74 Å². The fraction of sp³-hybridized carbons (Fsp3) is 0.357. The van der Waals surface area contributed by atoms with E-state index in [2.05, 4.69) is 20.8 Å². The maximum atomic E-state index is 11.1. The highest BCUT2D eigenvalue weighted by molar-refractivity contribution is 8.01. The van der Waals surface area contributed by atoms with Gasteiger partial charge >= 0.3 is 0 Å². The molecule has 6 nitrogen and oxygen atoms in total. The molecule has 0 fully saturated rings. The number of hydrogen-bond donors (Lipinski definition) is 2. The molecule has 1 amide bonds. The zero-order valence-electron chi connectivity index (χ0n) is 12.5. The van der Waals surface area contributed by atoms with Crippen molar-refractivity contribution in [1.29, 1.82) is 0 Å². The van der Waals surface area contributed by atoms with Gasteiger partial charge in [-0.2, -0.15) is 0 Å². The number of thioether (sulfide) groups is 1. The Balaban J connectivity index is 1.90. The van der Waals surface area contributed by atoms with Crippen LogP contribution in [-0.4, -0.2) is 35.1 Å². The molecule has 22 heavy (non-hydrogen) atoms. The topological polar surface area (TPSA) is 76.1 Å². The first kappa shape index (κ1) is 16.7. The molecule has 2 rings (SSSR count). The normalized spacial score (nSPS) is 10.5. The van der Waals surface area contributed by atoms with Crippen LogP contribution in [0, 0.1) is 0 Å². The van der Waals surface area contributed by atoms with E-state index in [-0.39, 0.29) is 5.91 Å². The number of carbonyl (C=O) groups is 1. The van der Waals surface area contributed by atoms with E-state index in [9.17, 15) is 4.79 Å². The summed E-state index contributed by atoms with van der Waals surface area (Å²) in [7, 11) is 0. The van der Waals surface area contributed by atoms with E-state index < -0.39 is 0 Å². The van der Waals surface area contributed by atoms with Crippen molar-refractivity contribution in [3.63, 3.8) is 0 Å². The zero-order valence-corrected chi connectivity index (χ0v) is 14.1. The van der Waals surface area contributed by atoms with Crippen molar-refractivity contribution in [2.45, 2.75) is 18.2 Å². The quantitative estimate of drug-likeness (QED) is 0.568. The third-order valence-corrected chi connectivity index (χ3v) is 4.43. The number of hydrogen-bond acceptors (Lipinski definition) is 7. The summed E-state index contributed by atoms with van der Waals surface area (Å²) in [5.41, 5.74) is 1.60. The highest BCUT2D eigenvalue weighted by Gasteiger charge is 2.05. The molecule has 0 bridgehead atoms. The summed E-state index contributed by atoms with van der Waals surface area (Å²) in [4.78, 5) is 11.1. The van der Waals surface area contributed by atoms with Crippen LogP contribution < -0.4 is 10.6 Å². The number of amides is 1. The second-order valence-corrected chi connectivity index (χ2v) is 6.63. The van der Waals surface area contributed by atoms with Crippen molar-refractivity contribution in [2.75, 3.05) is 29.6 Å². The monoisotopic (exact) mass is 338 g/mol. The number of ether oxygens (including phenoxy) is 1. The second kappa shape index (κ2) is 8.72. The van der Waals surface area contributed by atoms with Gasteiger partial charge in [-0.05, 0) is 25.1 Å². The number of nitrogens with zero attached hydrogens (tertiary/aromatic N) is 2. The van der Waals surface area contributed by atoms with Gasteiger partial charge in [-0.3, -0.25) is 4.79 Å². The number of benzene rings is 1. The van der Waals surface area contributed by atoms with E-state index in [1.807, 2.05) is 31.2 Å². The molecule has 1 aromatic heterocycles. The van der Waals surface area contributed by atoms with Gasteiger partial charge in [0.15, 0.2) is 4.34 Å². The second-order valence-electron chi connectivity index (χ2n) is 4.31. The van der Waals surface area contributed by atoms with Crippen LogP contribution in [0.3, 0.4) is 0 Å². The molecule has 0 saturated carbocycles. The third-order valence-electron chi connectivity index (χ3n) is 2.50. The average molecular weight is 338 g/mol. The molecule has 0 spiro atoms. The summed E-state index contributed by atoms with van der Waals surface area (Å²) >= 11 is 3.12. The molecule has 0 atom stereocenters. The molecule has 0 saturated heterocycles. The van der Waals surface area contributed by atoms with Crippen molar-refractivity contribution in [3.8, 4) is 0 Å². The number of anilines is 3. The summed E-state index contributed by atoms with van der Waals surface area (Å²) < 4.78 is 6.19. The van der Waals surface area contributed by atoms with Crippen LogP contribution in [0.1, 0.15) is 13.8 Å². The number of nitrogens with one attached hydrogen (secondary N) is 2. The van der Waals surface area contributed by atoms with E-state index >= 15 is 0 Å². The zero-order chi connectivity index (χ0) is 15.8. The maximum Gasteiger partial charge on any atom is 0.221 e. The standard InChI is InChI=1S/C14H18N4O2S2/c1-3-20-7-8-21-14-18-17-13(22-14)16-12-6-4-5-11(9-12)15-10(2)19/h4-6,9H,3,7-8H2,1-2H3,(H,15,19)(H,16,17). The van der Waals surface area contributed by atoms with Gasteiger partial charge in [-0.1, -0.05) is 29.2 Å². The lowest BCUT2D eigenvalue weighted by Gasteiger charge is -2.05. The van der Waals surface area contributed by atoms with Gasteiger partial charge in [-0.15, -0.1) is 10.2 Å². The lowest BCUT2D eigenvalue weighted by molar-refractivity contribution is -0.114. The van der Waals surface area contributed by atoms with Crippen LogP contribution in [0.25, 0.3) is 0 Å². The molecule has 2 N–H and O–H groups in total. The lowest BCUT2D eigenvalue weighted by Crippen LogP contribution is -2.05. The SMILES string of the molecule is CCOCCSc1nnc(Nc2cccc(NC(C)=O)c2)s1. The molecule has 0 aliphatic heterocycles. The Kier molecular flexibility index (Phi) is 6.63. The minimum atomic E-state index is -0.0963. The van der Waals surface area contributed by atoms with E-state index in [1.165, 1.54) is 18.3 Å². The van der Waals surface area contributed by atoms with Gasteiger partial charge in [0.25, 0.3) is 0 Å². The van der Waals surface area contributed by atoms with Gasteiger partial charge < -0.3 is 15.4 Å². The number of carbonyl (C=O) groups excluding carboxylic acids is 1. The van der Waals surface area contributed by atoms with Crippen LogP contribution in [0.15, 0.2) is 28.6 Å². The Hall–Kier alpha value is -1.64. The summed E-state index contributed by atoms with van der Waals surface area (Å²) in [6.45, 7) is 4.90. The van der Waals surface area contributed by atoms with E-state index in [0.717, 1.165) is 33.2 Å². The third kappa shape index (κ3) is 5.63. The smallest absolute Gasteiger partial charge is 0.221 e. The van der Waals surface area contributed by atoms with Gasteiger partial charge in [-0.25, -0.2) is 0 Å². The van der Waals surface area contributed by atoms with Gasteiger partial charge in [0.05, 0.1) is 6.61 Å². The first-order valence-corrected chi connectivity index (χ1v) is 8.66. The van der Waals surface area contributed by atoms with E-state index in [0.29, 0.717) is 6.61 Å². The van der Waals surface area contributed by atoms with Gasteiger partial charge in [0.2, 0.25) is 11.0 Å². The Morgan fingerprint density at radius 1 is 1.36 bits per heavy atom. The van der Waals surface area contributed by atoms with Crippen LogP contribution in [0.4, 0.5) is 16.5 Å². The fourth-order valence-corrected chi connectivity index (χ4v) is 3.35. The highest BCUT2D eigenvalue weighted by atomic mass is 32.2. The van der Waals surface area contributed by atoms with Crippen molar-refractivity contribution in [1.82, 2.24) is 10.2 Å². The first-order chi connectivity index (χ1) is 10.7. The van der Waals surface area contributed by atoms with Crippen molar-refractivity contribution >= 4 is 45.5 Å². The minimum Gasteiger partial charge on any atom is -0.381 e. The van der Waals surface area contributed by atoms with Gasteiger partial charge in [0.1, 0.15) is 0 Å². The van der Waals surface area contributed by atoms with Gasteiger partial charge in [0, 0.05) is 30.7 Å². The van der Waals surface area contributed by atoms with E-state index in [1.54, 1.807) is 11.8 Å². The minimum absolute atomic E-state index is 0.0963. The summed E-state index contributed by atoms with van der Waals surface area (Å²) in [6, 6.07) is 7.47. The predicted molar refractivity (Wildman–Crippen MR) is 91.2 cm³/mol. The number of rotatable bonds is 8. The largest absolute Gasteiger partial charge is 0.381 e. The van der Waals surface area contributed by atoms with Crippen LogP contribution in [0.5, 0.6) is 0 Å². The molecule has 118 valence electrons. The van der Waals surface area contributed by atoms with Crippen molar-refractivity contribution < 1.29 is 9.53 Å². The molecule has 0 radical (unpaired) electrons. The van der Waals surface area contributed by atoms with Crippen LogP contribution in [-0.2, 0) is 9.53 Å². The molecular weight excluding hydrogens is 320 g/mol. The molecule has 1 heterocycles. The molecular formula is C14H18N4O2S2. The summed E-state index contributed by atoms with van der Waals surface area (Å²) in [5.74, 6) is 0.765. The molecule has 8 heteroatoms. The Morgan fingerprint density at radius 3 is 2.95 bits per heavy atom. The Labute approximate surface area is 137 Å². The first-order valence-electron chi connectivity index (χ1n) is 6.86. The summed E-state index contributed by atoms with van der Waals surface area (Å²) in [6.07, 6.45) is 0. The van der Waals surface area contributed by atoms with Crippen molar-refractivity contribution in [2.24, 2.45) is 0 Å². The predicted octanol–water partition coefficient (Wildman–Crippen LogP) is 3.37. The highest BCUT2D eigenvalue weighted by Crippen LogP contribution is 2.28. The molecule has 2 aromatic rings. The molecule has 0 aliphatic carbocycles. The maximum absolute atomic E-state index is 11.1. The Morgan fingerprint density at radius 2 is 2.18 bits per heavy atom. The molecule has 0 unspecified atom stereocenters. The summed E-state index contributed by atoms with van der Waals surface area (Å²) in [5, 5.41) is 14.9. The Bertz CT molecular complexity index is 618. The van der Waals surface area contributed by atoms with Crippen LogP contribution >= 0.6 is 23.1 Å².